The number of rotatable bonds is 5. The van der Waals surface area contributed by atoms with E-state index in [-0.39, 0.29) is 10.8 Å². The van der Waals surface area contributed by atoms with Crippen LogP contribution >= 0.6 is 12.2 Å². The largest absolute Gasteiger partial charge is 0.495 e. The third kappa shape index (κ3) is 4.75. The molecule has 118 valence electrons. The summed E-state index contributed by atoms with van der Waals surface area (Å²) in [5, 5.41) is 17.9. The molecule has 0 saturated heterocycles. The molecular weight excluding hydrogens is 316 g/mol. The second-order valence-corrected chi connectivity index (χ2v) is 4.78. The average molecular weight is 330 g/mol. The van der Waals surface area contributed by atoms with Crippen LogP contribution in [-0.4, -0.2) is 23.4 Å². The number of thiocarbonyl (C=S) groups is 1. The van der Waals surface area contributed by atoms with E-state index < -0.39 is 4.92 Å². The number of anilines is 1. The maximum atomic E-state index is 10.7. The van der Waals surface area contributed by atoms with Crippen molar-refractivity contribution in [2.45, 2.75) is 0 Å². The lowest BCUT2D eigenvalue weighted by Gasteiger charge is -2.10. The lowest BCUT2D eigenvalue weighted by molar-refractivity contribution is -0.384. The fourth-order valence-electron chi connectivity index (χ4n) is 1.78. The number of para-hydroxylation sites is 2. The van der Waals surface area contributed by atoms with Crippen molar-refractivity contribution in [3.05, 3.63) is 64.2 Å². The molecule has 0 spiro atoms. The number of ether oxygens (including phenoxy) is 1. The van der Waals surface area contributed by atoms with Crippen molar-refractivity contribution in [1.29, 1.82) is 0 Å². The van der Waals surface area contributed by atoms with Crippen molar-refractivity contribution < 1.29 is 9.66 Å². The molecule has 0 unspecified atom stereocenters. The van der Waals surface area contributed by atoms with E-state index in [1.807, 2.05) is 18.2 Å². The van der Waals surface area contributed by atoms with Gasteiger partial charge in [-0.3, -0.25) is 15.5 Å². The molecule has 2 aromatic carbocycles. The van der Waals surface area contributed by atoms with Gasteiger partial charge < -0.3 is 10.1 Å². The summed E-state index contributed by atoms with van der Waals surface area (Å²) in [4.78, 5) is 10.2. The Morgan fingerprint density at radius 1 is 1.30 bits per heavy atom. The van der Waals surface area contributed by atoms with E-state index in [0.29, 0.717) is 17.0 Å². The lowest BCUT2D eigenvalue weighted by Crippen LogP contribution is -2.24. The summed E-state index contributed by atoms with van der Waals surface area (Å²) in [7, 11) is 1.57. The van der Waals surface area contributed by atoms with Gasteiger partial charge in [-0.15, -0.1) is 0 Å². The minimum absolute atomic E-state index is 0.00340. The molecule has 0 radical (unpaired) electrons. The Morgan fingerprint density at radius 2 is 2.09 bits per heavy atom. The second-order valence-electron chi connectivity index (χ2n) is 4.38. The third-order valence-electron chi connectivity index (χ3n) is 2.82. The van der Waals surface area contributed by atoms with Crippen LogP contribution in [0.1, 0.15) is 5.56 Å². The molecule has 7 nitrogen and oxygen atoms in total. The van der Waals surface area contributed by atoms with Gasteiger partial charge in [-0.25, -0.2) is 0 Å². The van der Waals surface area contributed by atoms with Crippen molar-refractivity contribution >= 4 is 34.9 Å². The molecule has 0 aliphatic carbocycles. The number of nitrogens with one attached hydrogen (secondary N) is 2. The van der Waals surface area contributed by atoms with Gasteiger partial charge in [0.2, 0.25) is 0 Å². The molecule has 0 saturated carbocycles. The Morgan fingerprint density at radius 3 is 2.83 bits per heavy atom. The predicted molar refractivity (Wildman–Crippen MR) is 93.0 cm³/mol. The first kappa shape index (κ1) is 16.4. The van der Waals surface area contributed by atoms with Gasteiger partial charge in [0.05, 0.1) is 23.9 Å². The van der Waals surface area contributed by atoms with Gasteiger partial charge in [0, 0.05) is 17.7 Å². The highest BCUT2D eigenvalue weighted by atomic mass is 32.1. The van der Waals surface area contributed by atoms with Crippen molar-refractivity contribution in [2.24, 2.45) is 5.10 Å². The molecule has 0 aromatic heterocycles. The van der Waals surface area contributed by atoms with E-state index in [4.69, 9.17) is 17.0 Å². The van der Waals surface area contributed by atoms with Gasteiger partial charge >= 0.3 is 0 Å². The number of hydrazone groups is 1. The summed E-state index contributed by atoms with van der Waals surface area (Å²) in [6.45, 7) is 0. The molecule has 2 rings (SSSR count). The normalized spacial score (nSPS) is 10.3. The van der Waals surface area contributed by atoms with E-state index in [2.05, 4.69) is 15.8 Å². The first-order chi connectivity index (χ1) is 11.1. The molecule has 2 aromatic rings. The quantitative estimate of drug-likeness (QED) is 0.379. The minimum atomic E-state index is -0.460. The number of non-ortho nitro benzene ring substituents is 1. The number of nitro benzene ring substituents is 1. The molecule has 0 aliphatic heterocycles. The third-order valence-corrected chi connectivity index (χ3v) is 3.01. The smallest absolute Gasteiger partial charge is 0.270 e. The zero-order valence-corrected chi connectivity index (χ0v) is 13.0. The van der Waals surface area contributed by atoms with Crippen LogP contribution in [0.15, 0.2) is 53.6 Å². The molecule has 0 heterocycles. The first-order valence-corrected chi connectivity index (χ1v) is 6.98. The Bertz CT molecular complexity index is 749. The van der Waals surface area contributed by atoms with Crippen LogP contribution in [0.25, 0.3) is 0 Å². The fourth-order valence-corrected chi connectivity index (χ4v) is 1.94. The Balaban J connectivity index is 1.96. The molecular formula is C15H14N4O3S. The summed E-state index contributed by atoms with van der Waals surface area (Å²) in [6, 6.07) is 13.4. The highest BCUT2D eigenvalue weighted by Crippen LogP contribution is 2.22. The van der Waals surface area contributed by atoms with Crippen LogP contribution in [-0.2, 0) is 0 Å². The number of nitro groups is 1. The number of methoxy groups -OCH3 is 1. The summed E-state index contributed by atoms with van der Waals surface area (Å²) in [5.41, 5.74) is 3.94. The van der Waals surface area contributed by atoms with Gasteiger partial charge in [-0.2, -0.15) is 5.10 Å². The van der Waals surface area contributed by atoms with Crippen molar-refractivity contribution in [1.82, 2.24) is 5.43 Å². The molecule has 2 N–H and O–H groups in total. The standard InChI is InChI=1S/C15H14N4O3S/c1-22-14-8-3-2-7-13(14)17-15(23)18-16-10-11-5-4-6-12(9-11)19(20)21/h2-10H,1H3,(H2,17,18,23)/b16-10-. The van der Waals surface area contributed by atoms with E-state index in [0.717, 1.165) is 0 Å². The van der Waals surface area contributed by atoms with Crippen molar-refractivity contribution in [3.63, 3.8) is 0 Å². The number of hydrogen-bond acceptors (Lipinski definition) is 5. The zero-order valence-electron chi connectivity index (χ0n) is 12.2. The maximum Gasteiger partial charge on any atom is 0.270 e. The predicted octanol–water partition coefficient (Wildman–Crippen LogP) is 2.92. The monoisotopic (exact) mass is 330 g/mol. The Labute approximate surface area is 138 Å². The van der Waals surface area contributed by atoms with Crippen molar-refractivity contribution in [3.8, 4) is 5.75 Å². The maximum absolute atomic E-state index is 10.7. The SMILES string of the molecule is COc1ccccc1NC(=S)N/N=C\c1cccc([N+](=O)[O-])c1. The van der Waals surface area contributed by atoms with Gasteiger partial charge in [0.1, 0.15) is 5.75 Å². The highest BCUT2D eigenvalue weighted by molar-refractivity contribution is 7.80. The van der Waals surface area contributed by atoms with Crippen LogP contribution in [0.3, 0.4) is 0 Å². The molecule has 0 bridgehead atoms. The van der Waals surface area contributed by atoms with Crippen LogP contribution in [0.5, 0.6) is 5.75 Å². The van der Waals surface area contributed by atoms with E-state index in [1.54, 1.807) is 25.3 Å². The first-order valence-electron chi connectivity index (χ1n) is 6.57. The van der Waals surface area contributed by atoms with Gasteiger partial charge in [0.15, 0.2) is 5.11 Å². The molecule has 23 heavy (non-hydrogen) atoms. The summed E-state index contributed by atoms with van der Waals surface area (Å²) in [6.07, 6.45) is 1.45. The van der Waals surface area contributed by atoms with Gasteiger partial charge in [0.25, 0.3) is 5.69 Å². The van der Waals surface area contributed by atoms with E-state index >= 15 is 0 Å². The summed E-state index contributed by atoms with van der Waals surface area (Å²) < 4.78 is 5.20. The highest BCUT2D eigenvalue weighted by Gasteiger charge is 2.04. The topological polar surface area (TPSA) is 88.8 Å². The number of nitrogens with zero attached hydrogens (tertiary/aromatic N) is 2. The molecule has 0 aliphatic rings. The number of benzene rings is 2. The van der Waals surface area contributed by atoms with Crippen LogP contribution in [0.4, 0.5) is 11.4 Å². The zero-order chi connectivity index (χ0) is 16.7. The van der Waals surface area contributed by atoms with E-state index in [9.17, 15) is 10.1 Å². The van der Waals surface area contributed by atoms with Crippen LogP contribution < -0.4 is 15.5 Å². The van der Waals surface area contributed by atoms with Crippen LogP contribution in [0.2, 0.25) is 0 Å². The number of hydrogen-bond donors (Lipinski definition) is 2. The minimum Gasteiger partial charge on any atom is -0.495 e. The Kier molecular flexibility index (Phi) is 5.59. The fraction of sp³-hybridized carbons (Fsp3) is 0.0667. The lowest BCUT2D eigenvalue weighted by atomic mass is 10.2. The summed E-state index contributed by atoms with van der Waals surface area (Å²) >= 11 is 5.13. The van der Waals surface area contributed by atoms with Gasteiger partial charge in [-0.1, -0.05) is 24.3 Å². The molecule has 0 fully saturated rings. The Hall–Kier alpha value is -3.00. The van der Waals surface area contributed by atoms with Crippen molar-refractivity contribution in [2.75, 3.05) is 12.4 Å². The molecule has 8 heteroatoms. The van der Waals surface area contributed by atoms with E-state index in [1.165, 1.54) is 18.3 Å². The molecule has 0 amide bonds. The molecule has 0 atom stereocenters. The van der Waals surface area contributed by atoms with Gasteiger partial charge in [-0.05, 0) is 24.4 Å². The second kappa shape index (κ2) is 7.85. The van der Waals surface area contributed by atoms with Crippen LogP contribution in [0, 0.1) is 10.1 Å². The summed E-state index contributed by atoms with van der Waals surface area (Å²) in [5.74, 6) is 0.652. The average Bonchev–Trinajstić information content (AvgIpc) is 2.55.